The first-order valence-corrected chi connectivity index (χ1v) is 8.19. The maximum Gasteiger partial charge on any atom is 0.164 e. The molecule has 3 heteroatoms. The minimum absolute atomic E-state index is 0.0370. The maximum atomic E-state index is 13.8. The van der Waals surface area contributed by atoms with E-state index >= 15 is 0 Å². The second-order valence-electron chi connectivity index (χ2n) is 7.85. The van der Waals surface area contributed by atoms with Crippen LogP contribution < -0.4 is 0 Å². The van der Waals surface area contributed by atoms with Crippen molar-refractivity contribution in [3.05, 3.63) is 11.8 Å². The van der Waals surface area contributed by atoms with Crippen LogP contribution in [0.5, 0.6) is 0 Å². The summed E-state index contributed by atoms with van der Waals surface area (Å²) in [6, 6.07) is 0. The molecule has 21 heavy (non-hydrogen) atoms. The number of carbonyl (C=O) groups is 1. The molecule has 0 bridgehead atoms. The van der Waals surface area contributed by atoms with Crippen LogP contribution in [-0.2, 0) is 4.79 Å². The van der Waals surface area contributed by atoms with Crippen LogP contribution in [0.25, 0.3) is 0 Å². The normalized spacial score (nSPS) is 19.2. The van der Waals surface area contributed by atoms with Crippen LogP contribution in [0.4, 0.5) is 4.39 Å². The van der Waals surface area contributed by atoms with E-state index < -0.39 is 11.1 Å². The third-order valence-corrected chi connectivity index (χ3v) is 4.61. The largest absolute Gasteiger partial charge is 0.512 e. The molecule has 0 radical (unpaired) electrons. The van der Waals surface area contributed by atoms with Gasteiger partial charge in [-0.3, -0.25) is 4.79 Å². The van der Waals surface area contributed by atoms with Gasteiger partial charge in [0.05, 0.1) is 5.76 Å². The van der Waals surface area contributed by atoms with Gasteiger partial charge in [-0.05, 0) is 39.0 Å². The average molecular weight is 298 g/mol. The lowest BCUT2D eigenvalue weighted by atomic mass is 9.71. The molecule has 1 atom stereocenters. The molecule has 1 fully saturated rings. The van der Waals surface area contributed by atoms with Crippen LogP contribution >= 0.6 is 0 Å². The zero-order chi connectivity index (χ0) is 16.3. The molecule has 1 N–H and O–H groups in total. The average Bonchev–Trinajstić information content (AvgIpc) is 2.29. The SMILES string of the molecule is CCC(CC(C)(C)F)/C(O)=C/C(=O)C(C)(C)CC1CCC1. The van der Waals surface area contributed by atoms with Crippen molar-refractivity contribution in [1.82, 2.24) is 0 Å². The van der Waals surface area contributed by atoms with Crippen LogP contribution in [0.2, 0.25) is 0 Å². The summed E-state index contributed by atoms with van der Waals surface area (Å²) in [5.74, 6) is 0.358. The monoisotopic (exact) mass is 298 g/mol. The van der Waals surface area contributed by atoms with Crippen molar-refractivity contribution in [1.29, 1.82) is 0 Å². The van der Waals surface area contributed by atoms with Gasteiger partial charge in [0, 0.05) is 17.4 Å². The van der Waals surface area contributed by atoms with Gasteiger partial charge in [0.25, 0.3) is 0 Å². The topological polar surface area (TPSA) is 37.3 Å². The fourth-order valence-electron chi connectivity index (χ4n) is 3.01. The van der Waals surface area contributed by atoms with Gasteiger partial charge >= 0.3 is 0 Å². The lowest BCUT2D eigenvalue weighted by Gasteiger charge is -2.33. The van der Waals surface area contributed by atoms with Gasteiger partial charge in [0.2, 0.25) is 0 Å². The molecule has 0 aromatic carbocycles. The first kappa shape index (κ1) is 18.2. The van der Waals surface area contributed by atoms with Crippen LogP contribution in [0.3, 0.4) is 0 Å². The molecule has 0 aliphatic heterocycles. The lowest BCUT2D eigenvalue weighted by Crippen LogP contribution is -2.29. The first-order chi connectivity index (χ1) is 9.55. The second kappa shape index (κ2) is 6.93. The van der Waals surface area contributed by atoms with E-state index in [1.54, 1.807) is 0 Å². The molecular formula is C18H31FO2. The molecule has 0 saturated heterocycles. The van der Waals surface area contributed by atoms with Gasteiger partial charge in [0.15, 0.2) is 5.78 Å². The van der Waals surface area contributed by atoms with Gasteiger partial charge in [-0.25, -0.2) is 4.39 Å². The van der Waals surface area contributed by atoms with E-state index in [1.165, 1.54) is 39.2 Å². The van der Waals surface area contributed by atoms with E-state index in [-0.39, 0.29) is 23.9 Å². The molecule has 0 spiro atoms. The maximum absolute atomic E-state index is 13.8. The Labute approximate surface area is 128 Å². The zero-order valence-corrected chi connectivity index (χ0v) is 14.2. The van der Waals surface area contributed by atoms with Crippen LogP contribution in [-0.4, -0.2) is 16.6 Å². The third kappa shape index (κ3) is 5.80. The molecule has 1 rings (SSSR count). The van der Waals surface area contributed by atoms with Crippen molar-refractivity contribution in [2.45, 2.75) is 78.8 Å². The summed E-state index contributed by atoms with van der Waals surface area (Å²) < 4.78 is 13.8. The third-order valence-electron chi connectivity index (χ3n) is 4.61. The van der Waals surface area contributed by atoms with E-state index in [2.05, 4.69) is 0 Å². The van der Waals surface area contributed by atoms with E-state index in [9.17, 15) is 14.3 Å². The fraction of sp³-hybridized carbons (Fsp3) is 0.833. The number of carbonyl (C=O) groups excluding carboxylic acids is 1. The number of hydrogen-bond donors (Lipinski definition) is 1. The molecule has 1 saturated carbocycles. The summed E-state index contributed by atoms with van der Waals surface area (Å²) >= 11 is 0. The second-order valence-corrected chi connectivity index (χ2v) is 7.85. The van der Waals surface area contributed by atoms with E-state index in [0.717, 1.165) is 6.42 Å². The molecule has 0 amide bonds. The predicted molar refractivity (Wildman–Crippen MR) is 85.0 cm³/mol. The number of alkyl halides is 1. The predicted octanol–water partition coefficient (Wildman–Crippen LogP) is 5.38. The number of ketones is 1. The Hall–Kier alpha value is -0.860. The Morgan fingerprint density at radius 1 is 1.33 bits per heavy atom. The molecule has 0 aromatic rings. The van der Waals surface area contributed by atoms with E-state index in [4.69, 9.17) is 0 Å². The molecule has 1 aliphatic carbocycles. The Morgan fingerprint density at radius 3 is 2.29 bits per heavy atom. The molecule has 0 heterocycles. The van der Waals surface area contributed by atoms with E-state index in [1.807, 2.05) is 20.8 Å². The zero-order valence-electron chi connectivity index (χ0n) is 14.2. The Bertz CT molecular complexity index is 387. The minimum atomic E-state index is -1.34. The van der Waals surface area contributed by atoms with Gasteiger partial charge in [0.1, 0.15) is 5.67 Å². The quantitative estimate of drug-likeness (QED) is 0.482. The van der Waals surface area contributed by atoms with Gasteiger partial charge in [-0.1, -0.05) is 40.0 Å². The summed E-state index contributed by atoms with van der Waals surface area (Å²) in [5, 5.41) is 10.2. The smallest absolute Gasteiger partial charge is 0.164 e. The van der Waals surface area contributed by atoms with Crippen molar-refractivity contribution in [2.24, 2.45) is 17.3 Å². The van der Waals surface area contributed by atoms with Crippen molar-refractivity contribution >= 4 is 5.78 Å². The Kier molecular flexibility index (Phi) is 6.01. The summed E-state index contributed by atoms with van der Waals surface area (Å²) in [7, 11) is 0. The number of rotatable bonds is 8. The molecule has 1 aliphatic rings. The Morgan fingerprint density at radius 2 is 1.90 bits per heavy atom. The number of allylic oxidation sites excluding steroid dienone is 2. The summed E-state index contributed by atoms with van der Waals surface area (Å²) in [6.45, 7) is 8.80. The van der Waals surface area contributed by atoms with Crippen LogP contribution in [0.1, 0.15) is 73.1 Å². The highest BCUT2D eigenvalue weighted by Gasteiger charge is 2.33. The van der Waals surface area contributed by atoms with Gasteiger partial charge in [-0.15, -0.1) is 0 Å². The summed E-state index contributed by atoms with van der Waals surface area (Å²) in [6.07, 6.45) is 6.77. The number of aliphatic hydroxyl groups excluding tert-OH is 1. The molecule has 122 valence electrons. The fourth-order valence-corrected chi connectivity index (χ4v) is 3.01. The number of hydrogen-bond acceptors (Lipinski definition) is 2. The molecule has 2 nitrogen and oxygen atoms in total. The van der Waals surface area contributed by atoms with Crippen molar-refractivity contribution < 1.29 is 14.3 Å². The molecular weight excluding hydrogens is 267 g/mol. The van der Waals surface area contributed by atoms with Crippen LogP contribution in [0.15, 0.2) is 11.8 Å². The summed E-state index contributed by atoms with van der Waals surface area (Å²) in [4.78, 5) is 12.4. The first-order valence-electron chi connectivity index (χ1n) is 8.19. The minimum Gasteiger partial charge on any atom is -0.512 e. The van der Waals surface area contributed by atoms with Crippen LogP contribution in [0, 0.1) is 17.3 Å². The van der Waals surface area contributed by atoms with E-state index in [0.29, 0.717) is 12.3 Å². The van der Waals surface area contributed by atoms with Crippen molar-refractivity contribution in [3.63, 3.8) is 0 Å². The highest BCUT2D eigenvalue weighted by Crippen LogP contribution is 2.38. The Balaban J connectivity index is 2.70. The highest BCUT2D eigenvalue weighted by molar-refractivity contribution is 5.94. The van der Waals surface area contributed by atoms with Crippen molar-refractivity contribution in [3.8, 4) is 0 Å². The highest BCUT2D eigenvalue weighted by atomic mass is 19.1. The summed E-state index contributed by atoms with van der Waals surface area (Å²) in [5.41, 5.74) is -1.78. The number of aliphatic hydroxyl groups is 1. The van der Waals surface area contributed by atoms with Gasteiger partial charge < -0.3 is 5.11 Å². The van der Waals surface area contributed by atoms with Gasteiger partial charge in [-0.2, -0.15) is 0 Å². The van der Waals surface area contributed by atoms with Crippen molar-refractivity contribution in [2.75, 3.05) is 0 Å². The molecule has 0 aromatic heterocycles. The lowest BCUT2D eigenvalue weighted by molar-refractivity contribution is -0.123. The standard InChI is InChI=1S/C18H31FO2/c1-6-14(12-18(4,5)19)15(20)10-16(21)17(2,3)11-13-8-7-9-13/h10,13-14,20H,6-9,11-12H2,1-5H3/b15-10-. The molecule has 1 unspecified atom stereocenters. The number of halogens is 1.